The molecule has 102 valence electrons. The second-order valence-corrected chi connectivity index (χ2v) is 4.34. The van der Waals surface area contributed by atoms with E-state index in [0.29, 0.717) is 18.3 Å². The van der Waals surface area contributed by atoms with Gasteiger partial charge in [-0.1, -0.05) is 20.3 Å². The second-order valence-electron chi connectivity index (χ2n) is 4.34. The SMILES string of the molecule is CCCC(CC)Nc1cc(OCC)c(F)cc1N. The number of benzene rings is 1. The van der Waals surface area contributed by atoms with Gasteiger partial charge in [0.1, 0.15) is 0 Å². The zero-order valence-electron chi connectivity index (χ0n) is 11.4. The van der Waals surface area contributed by atoms with Gasteiger partial charge in [0.25, 0.3) is 0 Å². The van der Waals surface area contributed by atoms with Crippen LogP contribution in [0.15, 0.2) is 12.1 Å². The predicted octanol–water partition coefficient (Wildman–Crippen LogP) is 3.80. The molecule has 0 aliphatic heterocycles. The fourth-order valence-electron chi connectivity index (χ4n) is 1.91. The molecule has 1 atom stereocenters. The van der Waals surface area contributed by atoms with Crippen LogP contribution in [0.5, 0.6) is 5.75 Å². The highest BCUT2D eigenvalue weighted by Crippen LogP contribution is 2.29. The molecule has 0 aliphatic carbocycles. The Morgan fingerprint density at radius 1 is 1.33 bits per heavy atom. The molecule has 0 aromatic heterocycles. The summed E-state index contributed by atoms with van der Waals surface area (Å²) >= 11 is 0. The minimum Gasteiger partial charge on any atom is -0.491 e. The Kier molecular flexibility index (Phi) is 5.75. The van der Waals surface area contributed by atoms with E-state index in [0.717, 1.165) is 24.9 Å². The molecule has 3 nitrogen and oxygen atoms in total. The highest BCUT2D eigenvalue weighted by molar-refractivity contribution is 5.69. The standard InChI is InChI=1S/C14H23FN2O/c1-4-7-10(5-2)17-13-9-14(18-6-3)11(15)8-12(13)16/h8-10,17H,4-7,16H2,1-3H3. The largest absolute Gasteiger partial charge is 0.491 e. The topological polar surface area (TPSA) is 47.3 Å². The normalized spacial score (nSPS) is 12.2. The molecule has 1 aromatic rings. The lowest BCUT2D eigenvalue weighted by molar-refractivity contribution is 0.322. The number of halogens is 1. The van der Waals surface area contributed by atoms with Crippen LogP contribution < -0.4 is 15.8 Å². The summed E-state index contributed by atoms with van der Waals surface area (Å²) in [6, 6.07) is 3.32. The molecule has 0 amide bonds. The lowest BCUT2D eigenvalue weighted by Gasteiger charge is -2.19. The average molecular weight is 254 g/mol. The number of nitrogens with two attached hydrogens (primary N) is 1. The summed E-state index contributed by atoms with van der Waals surface area (Å²) in [7, 11) is 0. The number of nitrogens with one attached hydrogen (secondary N) is 1. The first-order chi connectivity index (χ1) is 8.62. The monoisotopic (exact) mass is 254 g/mol. The highest BCUT2D eigenvalue weighted by atomic mass is 19.1. The van der Waals surface area contributed by atoms with Crippen molar-refractivity contribution in [1.82, 2.24) is 0 Å². The van der Waals surface area contributed by atoms with E-state index in [9.17, 15) is 4.39 Å². The molecule has 18 heavy (non-hydrogen) atoms. The van der Waals surface area contributed by atoms with Gasteiger partial charge in [-0.05, 0) is 19.8 Å². The van der Waals surface area contributed by atoms with Gasteiger partial charge in [0, 0.05) is 18.2 Å². The van der Waals surface area contributed by atoms with Crippen molar-refractivity contribution >= 4 is 11.4 Å². The molecule has 0 saturated carbocycles. The zero-order valence-corrected chi connectivity index (χ0v) is 11.4. The van der Waals surface area contributed by atoms with E-state index in [4.69, 9.17) is 10.5 Å². The number of rotatable bonds is 7. The van der Waals surface area contributed by atoms with Crippen molar-refractivity contribution in [1.29, 1.82) is 0 Å². The summed E-state index contributed by atoms with van der Waals surface area (Å²) in [6.45, 7) is 6.53. The maximum Gasteiger partial charge on any atom is 0.167 e. The summed E-state index contributed by atoms with van der Waals surface area (Å²) < 4.78 is 18.8. The van der Waals surface area contributed by atoms with Crippen molar-refractivity contribution in [3.8, 4) is 5.75 Å². The third-order valence-electron chi connectivity index (χ3n) is 2.89. The first kappa shape index (κ1) is 14.6. The van der Waals surface area contributed by atoms with Crippen LogP contribution in [0.25, 0.3) is 0 Å². The fraction of sp³-hybridized carbons (Fsp3) is 0.571. The summed E-state index contributed by atoms with van der Waals surface area (Å²) in [5.74, 6) is -0.163. The molecule has 0 radical (unpaired) electrons. The molecule has 1 rings (SSSR count). The van der Waals surface area contributed by atoms with Crippen molar-refractivity contribution in [2.24, 2.45) is 0 Å². The molecule has 0 heterocycles. The third kappa shape index (κ3) is 3.79. The van der Waals surface area contributed by atoms with E-state index < -0.39 is 5.82 Å². The average Bonchev–Trinajstić information content (AvgIpc) is 2.34. The zero-order chi connectivity index (χ0) is 13.5. The second kappa shape index (κ2) is 7.09. The summed E-state index contributed by atoms with van der Waals surface area (Å²) in [5.41, 5.74) is 7.00. The summed E-state index contributed by atoms with van der Waals surface area (Å²) in [4.78, 5) is 0. The van der Waals surface area contributed by atoms with E-state index in [-0.39, 0.29) is 5.75 Å². The molecule has 1 unspecified atom stereocenters. The predicted molar refractivity (Wildman–Crippen MR) is 74.6 cm³/mol. The van der Waals surface area contributed by atoms with Gasteiger partial charge in [-0.3, -0.25) is 0 Å². The Labute approximate surface area is 109 Å². The van der Waals surface area contributed by atoms with Gasteiger partial charge in [-0.25, -0.2) is 4.39 Å². The maximum absolute atomic E-state index is 13.6. The molecule has 1 aromatic carbocycles. The molecule has 3 N–H and O–H groups in total. The maximum atomic E-state index is 13.6. The summed E-state index contributed by atoms with van der Waals surface area (Å²) in [6.07, 6.45) is 3.18. The van der Waals surface area contributed by atoms with Gasteiger partial charge in [0.15, 0.2) is 11.6 Å². The van der Waals surface area contributed by atoms with Crippen LogP contribution in [-0.2, 0) is 0 Å². The van der Waals surface area contributed by atoms with Crippen LogP contribution in [-0.4, -0.2) is 12.6 Å². The molecule has 4 heteroatoms. The van der Waals surface area contributed by atoms with E-state index in [2.05, 4.69) is 19.2 Å². The Balaban J connectivity index is 2.89. The van der Waals surface area contributed by atoms with Crippen LogP contribution in [0.4, 0.5) is 15.8 Å². The van der Waals surface area contributed by atoms with Gasteiger partial charge in [-0.15, -0.1) is 0 Å². The molecule has 0 fully saturated rings. The van der Waals surface area contributed by atoms with E-state index in [1.165, 1.54) is 6.07 Å². The Bertz CT molecular complexity index is 382. The molecular weight excluding hydrogens is 231 g/mol. The summed E-state index contributed by atoms with van der Waals surface area (Å²) in [5, 5.41) is 3.35. The van der Waals surface area contributed by atoms with Crippen molar-refractivity contribution < 1.29 is 9.13 Å². The molecular formula is C14H23FN2O. The van der Waals surface area contributed by atoms with Gasteiger partial charge in [0.2, 0.25) is 0 Å². The van der Waals surface area contributed by atoms with E-state index in [1.54, 1.807) is 6.07 Å². The van der Waals surface area contributed by atoms with Crippen molar-refractivity contribution in [2.45, 2.75) is 46.1 Å². The minimum absolute atomic E-state index is 0.251. The van der Waals surface area contributed by atoms with Crippen LogP contribution in [0.2, 0.25) is 0 Å². The number of hydrogen-bond acceptors (Lipinski definition) is 3. The van der Waals surface area contributed by atoms with Crippen molar-refractivity contribution in [3.05, 3.63) is 17.9 Å². The van der Waals surface area contributed by atoms with Crippen LogP contribution in [0, 0.1) is 5.82 Å². The van der Waals surface area contributed by atoms with Crippen molar-refractivity contribution in [2.75, 3.05) is 17.7 Å². The lowest BCUT2D eigenvalue weighted by atomic mass is 10.1. The first-order valence-corrected chi connectivity index (χ1v) is 6.60. The molecule has 0 saturated heterocycles. The molecule has 0 aliphatic rings. The first-order valence-electron chi connectivity index (χ1n) is 6.60. The third-order valence-corrected chi connectivity index (χ3v) is 2.89. The van der Waals surface area contributed by atoms with Crippen molar-refractivity contribution in [3.63, 3.8) is 0 Å². The quantitative estimate of drug-likeness (QED) is 0.728. The fourth-order valence-corrected chi connectivity index (χ4v) is 1.91. The van der Waals surface area contributed by atoms with Crippen LogP contribution in [0.1, 0.15) is 40.0 Å². The number of ether oxygens (including phenoxy) is 1. The number of anilines is 2. The Hall–Kier alpha value is -1.45. The lowest BCUT2D eigenvalue weighted by Crippen LogP contribution is -2.19. The van der Waals surface area contributed by atoms with Gasteiger partial charge >= 0.3 is 0 Å². The minimum atomic E-state index is -0.413. The smallest absolute Gasteiger partial charge is 0.167 e. The Morgan fingerprint density at radius 2 is 2.06 bits per heavy atom. The molecule has 0 spiro atoms. The highest BCUT2D eigenvalue weighted by Gasteiger charge is 2.12. The number of hydrogen-bond donors (Lipinski definition) is 2. The van der Waals surface area contributed by atoms with Crippen LogP contribution >= 0.6 is 0 Å². The van der Waals surface area contributed by atoms with E-state index in [1.807, 2.05) is 6.92 Å². The number of nitrogen functional groups attached to an aromatic ring is 1. The van der Waals surface area contributed by atoms with E-state index >= 15 is 0 Å². The van der Waals surface area contributed by atoms with Crippen LogP contribution in [0.3, 0.4) is 0 Å². The Morgan fingerprint density at radius 3 is 2.61 bits per heavy atom. The van der Waals surface area contributed by atoms with Gasteiger partial charge in [-0.2, -0.15) is 0 Å². The van der Waals surface area contributed by atoms with Gasteiger partial charge < -0.3 is 15.8 Å². The van der Waals surface area contributed by atoms with Gasteiger partial charge in [0.05, 0.1) is 18.0 Å². The molecule has 0 bridgehead atoms.